The molecule has 2 rings (SSSR count). The average molecular weight is 307 g/mol. The van der Waals surface area contributed by atoms with Crippen LogP contribution in [0.3, 0.4) is 0 Å². The van der Waals surface area contributed by atoms with Crippen molar-refractivity contribution in [2.75, 3.05) is 0 Å². The van der Waals surface area contributed by atoms with E-state index in [1.54, 1.807) is 0 Å². The van der Waals surface area contributed by atoms with Crippen molar-refractivity contribution in [2.24, 2.45) is 5.92 Å². The zero-order valence-electron chi connectivity index (χ0n) is 10.7. The van der Waals surface area contributed by atoms with Gasteiger partial charge in [0, 0.05) is 11.4 Å². The number of thiophene rings is 1. The molecule has 112 valence electrons. The van der Waals surface area contributed by atoms with Gasteiger partial charge in [-0.05, 0) is 37.1 Å². The van der Waals surface area contributed by atoms with Gasteiger partial charge in [0.2, 0.25) is 0 Å². The number of halogens is 3. The molecule has 0 aromatic carbocycles. The van der Waals surface area contributed by atoms with E-state index in [1.807, 2.05) is 17.5 Å². The number of carboxylic acid groups (broad SMARTS) is 1. The number of hydrogen-bond donors (Lipinski definition) is 2. The number of rotatable bonds is 4. The van der Waals surface area contributed by atoms with Crippen LogP contribution in [0, 0.1) is 5.92 Å². The van der Waals surface area contributed by atoms with Crippen LogP contribution in [0.4, 0.5) is 13.2 Å². The number of carbonyl (C=O) groups is 1. The molecule has 1 aliphatic rings. The minimum atomic E-state index is -4.22. The summed E-state index contributed by atoms with van der Waals surface area (Å²) in [4.78, 5) is 12.4. The molecular formula is C13H16F3NO2S. The molecule has 7 heteroatoms. The molecule has 1 fully saturated rings. The summed E-state index contributed by atoms with van der Waals surface area (Å²) in [6, 6.07) is 3.73. The zero-order valence-corrected chi connectivity index (χ0v) is 11.6. The van der Waals surface area contributed by atoms with Crippen molar-refractivity contribution < 1.29 is 23.1 Å². The second-order valence-electron chi connectivity index (χ2n) is 5.14. The normalized spacial score (nSPS) is 27.4. The van der Waals surface area contributed by atoms with Crippen molar-refractivity contribution in [1.29, 1.82) is 0 Å². The maximum Gasteiger partial charge on any atom is 0.391 e. The molecule has 0 radical (unpaired) electrons. The molecule has 0 saturated heterocycles. The number of hydrogen-bond acceptors (Lipinski definition) is 3. The highest BCUT2D eigenvalue weighted by Gasteiger charge is 2.48. The monoisotopic (exact) mass is 307 g/mol. The third-order valence-corrected chi connectivity index (χ3v) is 4.77. The minimum Gasteiger partial charge on any atom is -0.480 e. The number of carboxylic acids is 1. The SMILES string of the molecule is O=C(O)C1(NCc2cccs2)CCC(C(F)(F)F)CC1. The average Bonchev–Trinajstić information content (AvgIpc) is 2.88. The highest BCUT2D eigenvalue weighted by molar-refractivity contribution is 7.09. The molecule has 1 aromatic rings. The molecule has 0 atom stereocenters. The minimum absolute atomic E-state index is 0.0118. The van der Waals surface area contributed by atoms with E-state index >= 15 is 0 Å². The van der Waals surface area contributed by atoms with Crippen LogP contribution in [0.2, 0.25) is 0 Å². The molecule has 0 unspecified atom stereocenters. The first kappa shape index (κ1) is 15.3. The molecule has 3 nitrogen and oxygen atoms in total. The van der Waals surface area contributed by atoms with Gasteiger partial charge in [-0.3, -0.25) is 10.1 Å². The quantitative estimate of drug-likeness (QED) is 0.896. The molecule has 1 saturated carbocycles. The van der Waals surface area contributed by atoms with Gasteiger partial charge in [0.05, 0.1) is 5.92 Å². The zero-order chi connectivity index (χ0) is 14.8. The van der Waals surface area contributed by atoms with Crippen molar-refractivity contribution in [3.8, 4) is 0 Å². The first-order chi connectivity index (χ1) is 9.33. The van der Waals surface area contributed by atoms with Crippen LogP contribution in [-0.2, 0) is 11.3 Å². The van der Waals surface area contributed by atoms with Gasteiger partial charge in [0.25, 0.3) is 0 Å². The third-order valence-electron chi connectivity index (χ3n) is 3.89. The van der Waals surface area contributed by atoms with Gasteiger partial charge in [-0.25, -0.2) is 0 Å². The lowest BCUT2D eigenvalue weighted by atomic mass is 9.76. The molecule has 1 aliphatic carbocycles. The lowest BCUT2D eigenvalue weighted by Gasteiger charge is -2.38. The van der Waals surface area contributed by atoms with Gasteiger partial charge in [0.1, 0.15) is 5.54 Å². The standard InChI is InChI=1S/C13H16F3NO2S/c14-13(15,16)9-3-5-12(6-4-9,11(18)19)17-8-10-2-1-7-20-10/h1-2,7,9,17H,3-6,8H2,(H,18,19). The molecule has 2 N–H and O–H groups in total. The largest absolute Gasteiger partial charge is 0.480 e. The van der Waals surface area contributed by atoms with Crippen molar-refractivity contribution >= 4 is 17.3 Å². The summed E-state index contributed by atoms with van der Waals surface area (Å²) < 4.78 is 37.9. The van der Waals surface area contributed by atoms with Crippen molar-refractivity contribution in [3.63, 3.8) is 0 Å². The first-order valence-corrected chi connectivity index (χ1v) is 7.29. The number of nitrogens with one attached hydrogen (secondary N) is 1. The topological polar surface area (TPSA) is 49.3 Å². The number of aliphatic carboxylic acids is 1. The summed E-state index contributed by atoms with van der Waals surface area (Å²) in [5, 5.41) is 14.2. The Morgan fingerprint density at radius 3 is 2.55 bits per heavy atom. The highest BCUT2D eigenvalue weighted by atomic mass is 32.1. The summed E-state index contributed by atoms with van der Waals surface area (Å²) in [5.41, 5.74) is -1.23. The predicted octanol–water partition coefficient (Wildman–Crippen LogP) is 3.41. The fourth-order valence-corrected chi connectivity index (χ4v) is 3.22. The second-order valence-corrected chi connectivity index (χ2v) is 6.17. The van der Waals surface area contributed by atoms with E-state index in [4.69, 9.17) is 0 Å². The van der Waals surface area contributed by atoms with E-state index in [-0.39, 0.29) is 25.7 Å². The molecule has 0 bridgehead atoms. The smallest absolute Gasteiger partial charge is 0.391 e. The van der Waals surface area contributed by atoms with Crippen molar-refractivity contribution in [1.82, 2.24) is 5.32 Å². The van der Waals surface area contributed by atoms with E-state index < -0.39 is 23.6 Å². The maximum atomic E-state index is 12.6. The van der Waals surface area contributed by atoms with Crippen LogP contribution in [0.25, 0.3) is 0 Å². The summed E-state index contributed by atoms with van der Waals surface area (Å²) in [7, 11) is 0. The van der Waals surface area contributed by atoms with Gasteiger partial charge in [0.15, 0.2) is 0 Å². The number of alkyl halides is 3. The van der Waals surface area contributed by atoms with E-state index in [0.29, 0.717) is 6.54 Å². The van der Waals surface area contributed by atoms with E-state index in [9.17, 15) is 23.1 Å². The lowest BCUT2D eigenvalue weighted by molar-refractivity contribution is -0.188. The Morgan fingerprint density at radius 1 is 1.45 bits per heavy atom. The van der Waals surface area contributed by atoms with Crippen LogP contribution >= 0.6 is 11.3 Å². The van der Waals surface area contributed by atoms with E-state index in [2.05, 4.69) is 5.32 Å². The Morgan fingerprint density at radius 2 is 2.10 bits per heavy atom. The van der Waals surface area contributed by atoms with Crippen LogP contribution in [-0.4, -0.2) is 22.8 Å². The molecule has 0 aliphatic heterocycles. The van der Waals surface area contributed by atoms with Crippen LogP contribution in [0.1, 0.15) is 30.6 Å². The summed E-state index contributed by atoms with van der Waals surface area (Å²) in [5.74, 6) is -2.44. The van der Waals surface area contributed by atoms with E-state index in [0.717, 1.165) is 4.88 Å². The van der Waals surface area contributed by atoms with Gasteiger partial charge in [-0.2, -0.15) is 13.2 Å². The van der Waals surface area contributed by atoms with Gasteiger partial charge < -0.3 is 5.11 Å². The fraction of sp³-hybridized carbons (Fsp3) is 0.615. The molecule has 0 spiro atoms. The Balaban J connectivity index is 2.00. The first-order valence-electron chi connectivity index (χ1n) is 6.41. The Bertz CT molecular complexity index is 451. The fourth-order valence-electron chi connectivity index (χ4n) is 2.57. The maximum absolute atomic E-state index is 12.6. The van der Waals surface area contributed by atoms with E-state index in [1.165, 1.54) is 11.3 Å². The Hall–Kier alpha value is -1.08. The Kier molecular flexibility index (Phi) is 4.39. The molecular weight excluding hydrogens is 291 g/mol. The Labute approximate surface area is 118 Å². The van der Waals surface area contributed by atoms with Gasteiger partial charge in [-0.15, -0.1) is 11.3 Å². The summed E-state index contributed by atoms with van der Waals surface area (Å²) in [6.45, 7) is 0.376. The molecule has 0 amide bonds. The van der Waals surface area contributed by atoms with Crippen LogP contribution in [0.5, 0.6) is 0 Å². The van der Waals surface area contributed by atoms with Crippen molar-refractivity contribution in [2.45, 2.75) is 43.9 Å². The van der Waals surface area contributed by atoms with Gasteiger partial charge in [-0.1, -0.05) is 6.07 Å². The summed E-state index contributed by atoms with van der Waals surface area (Å²) in [6.07, 6.45) is -4.46. The van der Waals surface area contributed by atoms with Crippen LogP contribution in [0.15, 0.2) is 17.5 Å². The van der Waals surface area contributed by atoms with Gasteiger partial charge >= 0.3 is 12.1 Å². The molecule has 1 heterocycles. The molecule has 1 aromatic heterocycles. The summed E-state index contributed by atoms with van der Waals surface area (Å²) >= 11 is 1.49. The lowest BCUT2D eigenvalue weighted by Crippen LogP contribution is -2.54. The molecule has 20 heavy (non-hydrogen) atoms. The third kappa shape index (κ3) is 3.32. The van der Waals surface area contributed by atoms with Crippen molar-refractivity contribution in [3.05, 3.63) is 22.4 Å². The highest BCUT2D eigenvalue weighted by Crippen LogP contribution is 2.41. The predicted molar refractivity (Wildman–Crippen MR) is 69.5 cm³/mol. The van der Waals surface area contributed by atoms with Crippen LogP contribution < -0.4 is 5.32 Å². The second kappa shape index (κ2) is 5.73.